The molecule has 1 aliphatic heterocycles. The number of nitrogens with one attached hydrogen (secondary N) is 2. The number of hydrogen-bond acceptors (Lipinski definition) is 3. The summed E-state index contributed by atoms with van der Waals surface area (Å²) in [5.41, 5.74) is 3.65. The summed E-state index contributed by atoms with van der Waals surface area (Å²) in [6, 6.07) is 10.00. The number of amides is 1. The molecule has 1 amide bonds. The topological polar surface area (TPSA) is 59.0 Å². The number of aryl methyl sites for hydroxylation is 1. The van der Waals surface area contributed by atoms with E-state index < -0.39 is 0 Å². The Kier molecular flexibility index (Phi) is 5.53. The number of para-hydroxylation sites is 1. The lowest BCUT2D eigenvalue weighted by atomic mass is 9.85. The van der Waals surface area contributed by atoms with Crippen molar-refractivity contribution < 1.29 is 4.79 Å². The van der Waals surface area contributed by atoms with Crippen molar-refractivity contribution in [2.24, 2.45) is 11.8 Å². The molecule has 0 radical (unpaired) electrons. The Bertz CT molecular complexity index is 717. The van der Waals surface area contributed by atoms with Crippen molar-refractivity contribution in [2.45, 2.75) is 40.0 Å². The molecule has 2 heterocycles. The highest BCUT2D eigenvalue weighted by atomic mass is 16.1. The maximum atomic E-state index is 12.5. The molecule has 25 heavy (non-hydrogen) atoms. The second kappa shape index (κ2) is 7.83. The van der Waals surface area contributed by atoms with Gasteiger partial charge in [-0.3, -0.25) is 4.79 Å². The SMILES string of the molecule is Cc1nn(-c2ccccc2)c(C)c1NC(=O)CC(C)C1CCCNC1. The molecule has 2 unspecified atom stereocenters. The van der Waals surface area contributed by atoms with Gasteiger partial charge in [-0.15, -0.1) is 0 Å². The molecule has 1 aromatic heterocycles. The zero-order chi connectivity index (χ0) is 17.8. The Morgan fingerprint density at radius 1 is 1.36 bits per heavy atom. The quantitative estimate of drug-likeness (QED) is 0.876. The average Bonchev–Trinajstić information content (AvgIpc) is 2.91. The van der Waals surface area contributed by atoms with E-state index in [2.05, 4.69) is 22.7 Å². The molecule has 3 rings (SSSR count). The summed E-state index contributed by atoms with van der Waals surface area (Å²) >= 11 is 0. The van der Waals surface area contributed by atoms with Crippen LogP contribution in [0.3, 0.4) is 0 Å². The predicted molar refractivity (Wildman–Crippen MR) is 101 cm³/mol. The van der Waals surface area contributed by atoms with E-state index in [1.165, 1.54) is 12.8 Å². The van der Waals surface area contributed by atoms with Gasteiger partial charge in [-0.05, 0) is 63.7 Å². The number of anilines is 1. The van der Waals surface area contributed by atoms with Crippen LogP contribution < -0.4 is 10.6 Å². The number of rotatable bonds is 5. The van der Waals surface area contributed by atoms with Crippen molar-refractivity contribution >= 4 is 11.6 Å². The summed E-state index contributed by atoms with van der Waals surface area (Å²) in [5.74, 6) is 1.06. The minimum absolute atomic E-state index is 0.0804. The Labute approximate surface area is 149 Å². The first-order valence-electron chi connectivity index (χ1n) is 9.18. The fourth-order valence-corrected chi connectivity index (χ4v) is 3.66. The molecule has 0 spiro atoms. The van der Waals surface area contributed by atoms with Gasteiger partial charge in [-0.1, -0.05) is 25.1 Å². The number of nitrogens with zero attached hydrogens (tertiary/aromatic N) is 2. The van der Waals surface area contributed by atoms with Crippen LogP contribution in [0.5, 0.6) is 0 Å². The number of hydrogen-bond donors (Lipinski definition) is 2. The van der Waals surface area contributed by atoms with Crippen LogP contribution in [0, 0.1) is 25.7 Å². The molecular weight excluding hydrogens is 312 g/mol. The Balaban J connectivity index is 1.68. The molecule has 5 nitrogen and oxygen atoms in total. The largest absolute Gasteiger partial charge is 0.323 e. The standard InChI is InChI=1S/C20H28N4O/c1-14(17-8-7-11-21-13-17)12-19(25)22-20-15(2)23-24(16(20)3)18-9-5-4-6-10-18/h4-6,9-10,14,17,21H,7-8,11-13H2,1-3H3,(H,22,25). The molecule has 0 aliphatic carbocycles. The van der Waals surface area contributed by atoms with Crippen molar-refractivity contribution in [3.63, 3.8) is 0 Å². The first-order chi connectivity index (χ1) is 12.1. The maximum absolute atomic E-state index is 12.5. The van der Waals surface area contributed by atoms with E-state index in [1.54, 1.807) is 0 Å². The Morgan fingerprint density at radius 2 is 2.12 bits per heavy atom. The highest BCUT2D eigenvalue weighted by molar-refractivity contribution is 5.92. The number of carbonyl (C=O) groups is 1. The summed E-state index contributed by atoms with van der Waals surface area (Å²) < 4.78 is 1.89. The lowest BCUT2D eigenvalue weighted by molar-refractivity contribution is -0.117. The molecule has 1 aliphatic rings. The van der Waals surface area contributed by atoms with Crippen LogP contribution in [-0.2, 0) is 4.79 Å². The van der Waals surface area contributed by atoms with E-state index in [9.17, 15) is 4.79 Å². The Hall–Kier alpha value is -2.14. The second-order valence-electron chi connectivity index (χ2n) is 7.13. The highest BCUT2D eigenvalue weighted by Crippen LogP contribution is 2.25. The van der Waals surface area contributed by atoms with Crippen LogP contribution in [0.15, 0.2) is 30.3 Å². The van der Waals surface area contributed by atoms with E-state index in [1.807, 2.05) is 48.9 Å². The first kappa shape index (κ1) is 17.7. The van der Waals surface area contributed by atoms with E-state index in [4.69, 9.17) is 0 Å². The van der Waals surface area contributed by atoms with Crippen molar-refractivity contribution in [2.75, 3.05) is 18.4 Å². The van der Waals surface area contributed by atoms with Crippen LogP contribution >= 0.6 is 0 Å². The summed E-state index contributed by atoms with van der Waals surface area (Å²) in [6.45, 7) is 8.25. The van der Waals surface area contributed by atoms with Gasteiger partial charge in [0.05, 0.1) is 22.8 Å². The minimum atomic E-state index is 0.0804. The van der Waals surface area contributed by atoms with Crippen LogP contribution in [0.2, 0.25) is 0 Å². The number of piperidine rings is 1. The normalized spacial score (nSPS) is 18.8. The second-order valence-corrected chi connectivity index (χ2v) is 7.13. The van der Waals surface area contributed by atoms with Gasteiger partial charge in [-0.25, -0.2) is 4.68 Å². The van der Waals surface area contributed by atoms with E-state index in [0.29, 0.717) is 18.3 Å². The number of carbonyl (C=O) groups excluding carboxylic acids is 1. The van der Waals surface area contributed by atoms with Crippen molar-refractivity contribution in [3.05, 3.63) is 41.7 Å². The van der Waals surface area contributed by atoms with Gasteiger partial charge in [0.15, 0.2) is 0 Å². The molecule has 134 valence electrons. The lowest BCUT2D eigenvalue weighted by Gasteiger charge is -2.28. The zero-order valence-electron chi connectivity index (χ0n) is 15.4. The lowest BCUT2D eigenvalue weighted by Crippen LogP contribution is -2.34. The van der Waals surface area contributed by atoms with E-state index in [-0.39, 0.29) is 5.91 Å². The Morgan fingerprint density at radius 3 is 2.80 bits per heavy atom. The van der Waals surface area contributed by atoms with Crippen LogP contribution in [0.25, 0.3) is 5.69 Å². The fraction of sp³-hybridized carbons (Fsp3) is 0.500. The third kappa shape index (κ3) is 4.10. The summed E-state index contributed by atoms with van der Waals surface area (Å²) in [6.07, 6.45) is 2.98. The molecule has 0 bridgehead atoms. The summed E-state index contributed by atoms with van der Waals surface area (Å²) in [7, 11) is 0. The van der Waals surface area contributed by atoms with Crippen LogP contribution in [0.4, 0.5) is 5.69 Å². The smallest absolute Gasteiger partial charge is 0.224 e. The van der Waals surface area contributed by atoms with Gasteiger partial charge in [-0.2, -0.15) is 5.10 Å². The summed E-state index contributed by atoms with van der Waals surface area (Å²) in [5, 5.41) is 11.1. The molecular formula is C20H28N4O. The number of benzene rings is 1. The third-order valence-corrected chi connectivity index (χ3v) is 5.20. The van der Waals surface area contributed by atoms with Gasteiger partial charge in [0.1, 0.15) is 0 Å². The average molecular weight is 340 g/mol. The van der Waals surface area contributed by atoms with Gasteiger partial charge in [0.2, 0.25) is 5.91 Å². The molecule has 1 fully saturated rings. The van der Waals surface area contributed by atoms with E-state index in [0.717, 1.165) is 35.9 Å². The van der Waals surface area contributed by atoms with Crippen molar-refractivity contribution in [1.29, 1.82) is 0 Å². The molecule has 1 aromatic carbocycles. The molecule has 1 saturated heterocycles. The third-order valence-electron chi connectivity index (χ3n) is 5.20. The highest BCUT2D eigenvalue weighted by Gasteiger charge is 2.23. The first-order valence-corrected chi connectivity index (χ1v) is 9.18. The monoisotopic (exact) mass is 340 g/mol. The van der Waals surface area contributed by atoms with Gasteiger partial charge >= 0.3 is 0 Å². The molecule has 2 N–H and O–H groups in total. The summed E-state index contributed by atoms with van der Waals surface area (Å²) in [4.78, 5) is 12.5. The number of aromatic nitrogens is 2. The molecule has 0 saturated carbocycles. The van der Waals surface area contributed by atoms with E-state index >= 15 is 0 Å². The van der Waals surface area contributed by atoms with Gasteiger partial charge in [0, 0.05) is 6.42 Å². The zero-order valence-corrected chi connectivity index (χ0v) is 15.4. The van der Waals surface area contributed by atoms with Crippen LogP contribution in [-0.4, -0.2) is 28.8 Å². The minimum Gasteiger partial charge on any atom is -0.323 e. The predicted octanol–water partition coefficient (Wildman–Crippen LogP) is 3.45. The molecule has 5 heteroatoms. The van der Waals surface area contributed by atoms with Gasteiger partial charge in [0.25, 0.3) is 0 Å². The molecule has 2 aromatic rings. The van der Waals surface area contributed by atoms with Crippen molar-refractivity contribution in [3.8, 4) is 5.69 Å². The molecule has 2 atom stereocenters. The van der Waals surface area contributed by atoms with Crippen molar-refractivity contribution in [1.82, 2.24) is 15.1 Å². The maximum Gasteiger partial charge on any atom is 0.224 e. The van der Waals surface area contributed by atoms with Crippen LogP contribution in [0.1, 0.15) is 37.6 Å². The van der Waals surface area contributed by atoms with Gasteiger partial charge < -0.3 is 10.6 Å². The fourth-order valence-electron chi connectivity index (χ4n) is 3.66.